The Kier molecular flexibility index (Phi) is 4.51. The summed E-state index contributed by atoms with van der Waals surface area (Å²) in [5.41, 5.74) is 0.319. The van der Waals surface area contributed by atoms with Crippen LogP contribution in [0.5, 0.6) is 0 Å². The van der Waals surface area contributed by atoms with Crippen LogP contribution in [0.1, 0.15) is 37.3 Å². The molecule has 5 heteroatoms. The standard InChI is InChI=1S/C12H20N2O2S/c1-5-12(6-2,10(15)16)7-13-11-14-8(3)9(4)17-11/h5-7H2,1-4H3,(H,13,14)(H,15,16). The van der Waals surface area contributed by atoms with Crippen LogP contribution in [0.25, 0.3) is 0 Å². The van der Waals surface area contributed by atoms with Crippen molar-refractivity contribution in [2.75, 3.05) is 11.9 Å². The molecular weight excluding hydrogens is 236 g/mol. The first-order chi connectivity index (χ1) is 7.95. The van der Waals surface area contributed by atoms with Crippen molar-refractivity contribution < 1.29 is 9.90 Å². The predicted molar refractivity (Wildman–Crippen MR) is 70.7 cm³/mol. The Morgan fingerprint density at radius 3 is 2.35 bits per heavy atom. The zero-order chi connectivity index (χ0) is 13.1. The second-order valence-electron chi connectivity index (χ2n) is 4.31. The van der Waals surface area contributed by atoms with Gasteiger partial charge in [0.25, 0.3) is 0 Å². The molecule has 1 heterocycles. The Balaban J connectivity index is 2.73. The van der Waals surface area contributed by atoms with Gasteiger partial charge in [-0.3, -0.25) is 4.79 Å². The number of anilines is 1. The minimum atomic E-state index is -0.736. The number of hydrogen-bond donors (Lipinski definition) is 2. The Morgan fingerprint density at radius 2 is 2.00 bits per heavy atom. The first kappa shape index (κ1) is 14.0. The van der Waals surface area contributed by atoms with Gasteiger partial charge in [0, 0.05) is 11.4 Å². The number of hydrogen-bond acceptors (Lipinski definition) is 4. The molecule has 4 nitrogen and oxygen atoms in total. The van der Waals surface area contributed by atoms with Crippen LogP contribution in [-0.2, 0) is 4.79 Å². The number of carboxylic acids is 1. The van der Waals surface area contributed by atoms with E-state index in [1.54, 1.807) is 11.3 Å². The van der Waals surface area contributed by atoms with Crippen molar-refractivity contribution in [3.8, 4) is 0 Å². The van der Waals surface area contributed by atoms with E-state index in [0.29, 0.717) is 19.4 Å². The first-order valence-corrected chi connectivity index (χ1v) is 6.68. The van der Waals surface area contributed by atoms with Gasteiger partial charge in [-0.1, -0.05) is 13.8 Å². The van der Waals surface area contributed by atoms with Crippen molar-refractivity contribution in [1.82, 2.24) is 4.98 Å². The van der Waals surface area contributed by atoms with Crippen molar-refractivity contribution in [1.29, 1.82) is 0 Å². The van der Waals surface area contributed by atoms with Crippen LogP contribution < -0.4 is 5.32 Å². The molecule has 0 saturated heterocycles. The number of aliphatic carboxylic acids is 1. The summed E-state index contributed by atoms with van der Waals surface area (Å²) in [4.78, 5) is 16.8. The maximum Gasteiger partial charge on any atom is 0.311 e. The van der Waals surface area contributed by atoms with Crippen molar-refractivity contribution >= 4 is 22.4 Å². The molecule has 0 atom stereocenters. The van der Waals surface area contributed by atoms with E-state index in [1.807, 2.05) is 27.7 Å². The number of nitrogens with zero attached hydrogens (tertiary/aromatic N) is 1. The molecule has 0 radical (unpaired) electrons. The molecular formula is C12H20N2O2S. The molecule has 0 aromatic carbocycles. The van der Waals surface area contributed by atoms with E-state index in [1.165, 1.54) is 4.88 Å². The largest absolute Gasteiger partial charge is 0.481 e. The van der Waals surface area contributed by atoms with Gasteiger partial charge in [-0.2, -0.15) is 0 Å². The van der Waals surface area contributed by atoms with Crippen LogP contribution in [0.15, 0.2) is 0 Å². The van der Waals surface area contributed by atoms with E-state index in [-0.39, 0.29) is 0 Å². The summed E-state index contributed by atoms with van der Waals surface area (Å²) in [6.07, 6.45) is 1.24. The molecule has 0 aliphatic heterocycles. The highest BCUT2D eigenvalue weighted by molar-refractivity contribution is 7.15. The van der Waals surface area contributed by atoms with Crippen molar-refractivity contribution in [3.05, 3.63) is 10.6 Å². The second-order valence-corrected chi connectivity index (χ2v) is 5.51. The molecule has 0 spiro atoms. The van der Waals surface area contributed by atoms with Crippen molar-refractivity contribution in [2.24, 2.45) is 5.41 Å². The highest BCUT2D eigenvalue weighted by Gasteiger charge is 2.34. The first-order valence-electron chi connectivity index (χ1n) is 5.86. The molecule has 0 aliphatic rings. The van der Waals surface area contributed by atoms with E-state index in [9.17, 15) is 9.90 Å². The maximum atomic E-state index is 11.3. The zero-order valence-electron chi connectivity index (χ0n) is 10.8. The number of aryl methyl sites for hydroxylation is 2. The van der Waals surface area contributed by atoms with Gasteiger partial charge in [-0.25, -0.2) is 4.98 Å². The Bertz CT molecular complexity index is 378. The summed E-state index contributed by atoms with van der Waals surface area (Å²) in [6, 6.07) is 0. The molecule has 1 rings (SSSR count). The average Bonchev–Trinajstić information content (AvgIpc) is 2.60. The van der Waals surface area contributed by atoms with Gasteiger partial charge in [-0.05, 0) is 26.7 Å². The zero-order valence-corrected chi connectivity index (χ0v) is 11.6. The van der Waals surface area contributed by atoms with Crippen LogP contribution in [0, 0.1) is 19.3 Å². The molecule has 1 aromatic rings. The maximum absolute atomic E-state index is 11.3. The quantitative estimate of drug-likeness (QED) is 0.821. The smallest absolute Gasteiger partial charge is 0.311 e. The summed E-state index contributed by atoms with van der Waals surface area (Å²) in [5, 5.41) is 13.3. The van der Waals surface area contributed by atoms with Crippen molar-refractivity contribution in [2.45, 2.75) is 40.5 Å². The summed E-state index contributed by atoms with van der Waals surface area (Å²) in [5.74, 6) is -0.736. The van der Waals surface area contributed by atoms with E-state index in [4.69, 9.17) is 0 Å². The minimum absolute atomic E-state index is 0.432. The summed E-state index contributed by atoms with van der Waals surface area (Å²) in [6.45, 7) is 8.24. The Hall–Kier alpha value is -1.10. The van der Waals surface area contributed by atoms with Gasteiger partial charge in [0.05, 0.1) is 11.1 Å². The summed E-state index contributed by atoms with van der Waals surface area (Å²) in [7, 11) is 0. The second kappa shape index (κ2) is 5.49. The minimum Gasteiger partial charge on any atom is -0.481 e. The molecule has 96 valence electrons. The summed E-state index contributed by atoms with van der Waals surface area (Å²) >= 11 is 1.57. The molecule has 0 saturated carbocycles. The molecule has 0 fully saturated rings. The van der Waals surface area contributed by atoms with Gasteiger partial charge in [0.2, 0.25) is 0 Å². The fraction of sp³-hybridized carbons (Fsp3) is 0.667. The van der Waals surface area contributed by atoms with Crippen LogP contribution in [0.2, 0.25) is 0 Å². The van der Waals surface area contributed by atoms with Crippen LogP contribution in [0.4, 0.5) is 5.13 Å². The molecule has 0 amide bonds. The molecule has 0 bridgehead atoms. The third-order valence-corrected chi connectivity index (χ3v) is 4.44. The highest BCUT2D eigenvalue weighted by atomic mass is 32.1. The van der Waals surface area contributed by atoms with Crippen molar-refractivity contribution in [3.63, 3.8) is 0 Å². The molecule has 17 heavy (non-hydrogen) atoms. The number of aromatic nitrogens is 1. The number of rotatable bonds is 6. The lowest BCUT2D eigenvalue weighted by molar-refractivity contribution is -0.148. The van der Waals surface area contributed by atoms with Crippen LogP contribution >= 0.6 is 11.3 Å². The average molecular weight is 256 g/mol. The van der Waals surface area contributed by atoms with E-state index >= 15 is 0 Å². The molecule has 2 N–H and O–H groups in total. The fourth-order valence-electron chi connectivity index (χ4n) is 1.67. The Labute approximate surface area is 106 Å². The monoisotopic (exact) mass is 256 g/mol. The topological polar surface area (TPSA) is 62.2 Å². The van der Waals surface area contributed by atoms with E-state index < -0.39 is 11.4 Å². The molecule has 1 aromatic heterocycles. The lowest BCUT2D eigenvalue weighted by atomic mass is 9.82. The Morgan fingerprint density at radius 1 is 1.41 bits per heavy atom. The molecule has 0 unspecified atom stereocenters. The lowest BCUT2D eigenvalue weighted by Crippen LogP contribution is -2.36. The van der Waals surface area contributed by atoms with Gasteiger partial charge in [0.1, 0.15) is 0 Å². The number of thiazole rings is 1. The van der Waals surface area contributed by atoms with Gasteiger partial charge < -0.3 is 10.4 Å². The van der Waals surface area contributed by atoms with Gasteiger partial charge >= 0.3 is 5.97 Å². The third-order valence-electron chi connectivity index (χ3n) is 3.41. The predicted octanol–water partition coefficient (Wildman–Crippen LogP) is 3.06. The van der Waals surface area contributed by atoms with Crippen LogP contribution in [-0.4, -0.2) is 22.6 Å². The van der Waals surface area contributed by atoms with E-state index in [0.717, 1.165) is 10.8 Å². The van der Waals surface area contributed by atoms with Gasteiger partial charge in [0.15, 0.2) is 5.13 Å². The summed E-state index contributed by atoms with van der Waals surface area (Å²) < 4.78 is 0. The normalized spacial score (nSPS) is 11.5. The SMILES string of the molecule is CCC(CC)(CNc1nc(C)c(C)s1)C(=O)O. The lowest BCUT2D eigenvalue weighted by Gasteiger charge is -2.26. The number of carbonyl (C=O) groups is 1. The number of carboxylic acid groups (broad SMARTS) is 1. The fourth-order valence-corrected chi connectivity index (χ4v) is 2.48. The van der Waals surface area contributed by atoms with Gasteiger partial charge in [-0.15, -0.1) is 11.3 Å². The highest BCUT2D eigenvalue weighted by Crippen LogP contribution is 2.29. The molecule has 0 aliphatic carbocycles. The third kappa shape index (κ3) is 2.97. The number of nitrogens with one attached hydrogen (secondary N) is 1. The van der Waals surface area contributed by atoms with Crippen LogP contribution in [0.3, 0.4) is 0 Å². The van der Waals surface area contributed by atoms with E-state index in [2.05, 4.69) is 10.3 Å².